The molecule has 1 aliphatic rings. The SMILES string of the molecule is CC1(C)CN=C(Nc2cc(Br)ccc2F)SC1. The van der Waals surface area contributed by atoms with Crippen molar-refractivity contribution >= 4 is 38.5 Å². The van der Waals surface area contributed by atoms with Crippen molar-refractivity contribution in [3.8, 4) is 0 Å². The van der Waals surface area contributed by atoms with E-state index in [0.29, 0.717) is 5.69 Å². The van der Waals surface area contributed by atoms with E-state index >= 15 is 0 Å². The van der Waals surface area contributed by atoms with Crippen LogP contribution in [0.1, 0.15) is 13.8 Å². The average Bonchev–Trinajstić information content (AvgIpc) is 2.26. The number of benzene rings is 1. The van der Waals surface area contributed by atoms with Crippen molar-refractivity contribution in [2.45, 2.75) is 13.8 Å². The molecule has 0 radical (unpaired) electrons. The molecule has 0 bridgehead atoms. The molecule has 0 spiro atoms. The lowest BCUT2D eigenvalue weighted by molar-refractivity contribution is 0.438. The molecule has 0 saturated carbocycles. The van der Waals surface area contributed by atoms with Crippen molar-refractivity contribution in [2.24, 2.45) is 10.4 Å². The lowest BCUT2D eigenvalue weighted by atomic mass is 9.97. The van der Waals surface area contributed by atoms with E-state index in [1.165, 1.54) is 6.07 Å². The second kappa shape index (κ2) is 4.98. The minimum absolute atomic E-state index is 0.228. The Labute approximate surface area is 113 Å². The lowest BCUT2D eigenvalue weighted by Gasteiger charge is -2.27. The summed E-state index contributed by atoms with van der Waals surface area (Å²) < 4.78 is 14.4. The second-order valence-corrected chi connectivity index (χ2v) is 6.70. The Morgan fingerprint density at radius 3 is 2.88 bits per heavy atom. The van der Waals surface area contributed by atoms with E-state index in [2.05, 4.69) is 40.1 Å². The van der Waals surface area contributed by atoms with Gasteiger partial charge in [-0.3, -0.25) is 4.99 Å². The van der Waals surface area contributed by atoms with E-state index in [4.69, 9.17) is 0 Å². The van der Waals surface area contributed by atoms with Crippen LogP contribution in [0, 0.1) is 11.2 Å². The van der Waals surface area contributed by atoms with Crippen LogP contribution in [0.2, 0.25) is 0 Å². The van der Waals surface area contributed by atoms with Crippen LogP contribution < -0.4 is 5.32 Å². The van der Waals surface area contributed by atoms with Gasteiger partial charge in [-0.25, -0.2) is 4.39 Å². The van der Waals surface area contributed by atoms with E-state index in [1.54, 1.807) is 23.9 Å². The molecule has 0 aliphatic carbocycles. The van der Waals surface area contributed by atoms with Gasteiger partial charge >= 0.3 is 0 Å². The molecule has 1 aliphatic heterocycles. The van der Waals surface area contributed by atoms with Gasteiger partial charge in [-0.05, 0) is 23.6 Å². The first-order chi connectivity index (χ1) is 7.96. The molecule has 2 rings (SSSR count). The molecule has 0 amide bonds. The van der Waals surface area contributed by atoms with Crippen molar-refractivity contribution in [2.75, 3.05) is 17.6 Å². The van der Waals surface area contributed by atoms with Gasteiger partial charge in [0, 0.05) is 16.8 Å². The number of anilines is 1. The van der Waals surface area contributed by atoms with Crippen LogP contribution >= 0.6 is 27.7 Å². The molecular formula is C12H14BrFN2S. The summed E-state index contributed by atoms with van der Waals surface area (Å²) in [6, 6.07) is 4.84. The van der Waals surface area contributed by atoms with Gasteiger partial charge in [0.05, 0.1) is 5.69 Å². The predicted molar refractivity (Wildman–Crippen MR) is 76.3 cm³/mol. The zero-order valence-electron chi connectivity index (χ0n) is 9.76. The Bertz CT molecular complexity index is 460. The van der Waals surface area contributed by atoms with Crippen molar-refractivity contribution in [3.05, 3.63) is 28.5 Å². The highest BCUT2D eigenvalue weighted by atomic mass is 79.9. The molecule has 0 saturated heterocycles. The summed E-state index contributed by atoms with van der Waals surface area (Å²) in [6.45, 7) is 5.14. The second-order valence-electron chi connectivity index (χ2n) is 4.82. The molecular weight excluding hydrogens is 303 g/mol. The smallest absolute Gasteiger partial charge is 0.161 e. The summed E-state index contributed by atoms with van der Waals surface area (Å²) in [5.41, 5.74) is 0.691. The van der Waals surface area contributed by atoms with Crippen molar-refractivity contribution in [1.82, 2.24) is 0 Å². The van der Waals surface area contributed by atoms with Gasteiger partial charge in [0.25, 0.3) is 0 Å². The first-order valence-electron chi connectivity index (χ1n) is 5.36. The standard InChI is InChI=1S/C12H14BrFN2S/c1-12(2)6-15-11(17-7-12)16-10-5-8(13)3-4-9(10)14/h3-5H,6-7H2,1-2H3,(H,15,16). The zero-order valence-corrected chi connectivity index (χ0v) is 12.2. The quantitative estimate of drug-likeness (QED) is 0.842. The van der Waals surface area contributed by atoms with Gasteiger partial charge in [0.1, 0.15) is 5.82 Å². The van der Waals surface area contributed by atoms with Crippen LogP contribution in [0.15, 0.2) is 27.7 Å². The molecule has 17 heavy (non-hydrogen) atoms. The molecule has 2 nitrogen and oxygen atoms in total. The van der Waals surface area contributed by atoms with Gasteiger partial charge in [0.2, 0.25) is 0 Å². The molecule has 1 N–H and O–H groups in total. The highest BCUT2D eigenvalue weighted by Crippen LogP contribution is 2.29. The van der Waals surface area contributed by atoms with Crippen LogP contribution in [0.3, 0.4) is 0 Å². The van der Waals surface area contributed by atoms with Crippen LogP contribution in [0.4, 0.5) is 10.1 Å². The Kier molecular flexibility index (Phi) is 3.78. The minimum atomic E-state index is -0.263. The minimum Gasteiger partial charge on any atom is -0.333 e. The monoisotopic (exact) mass is 316 g/mol. The summed E-state index contributed by atoms with van der Waals surface area (Å²) in [5.74, 6) is 0.732. The summed E-state index contributed by atoms with van der Waals surface area (Å²) in [4.78, 5) is 4.43. The maximum atomic E-state index is 13.5. The van der Waals surface area contributed by atoms with Gasteiger partial charge in [0.15, 0.2) is 5.17 Å². The molecule has 1 aromatic rings. The van der Waals surface area contributed by atoms with Crippen LogP contribution in [-0.2, 0) is 0 Å². The topological polar surface area (TPSA) is 24.4 Å². The van der Waals surface area contributed by atoms with Gasteiger partial charge in [-0.15, -0.1) is 0 Å². The first-order valence-corrected chi connectivity index (χ1v) is 7.13. The third-order valence-corrected chi connectivity index (χ3v) is 4.34. The number of rotatable bonds is 1. The lowest BCUT2D eigenvalue weighted by Crippen LogP contribution is -2.27. The van der Waals surface area contributed by atoms with Crippen LogP contribution in [0.5, 0.6) is 0 Å². The molecule has 0 atom stereocenters. The molecule has 92 valence electrons. The summed E-state index contributed by atoms with van der Waals surface area (Å²) in [6.07, 6.45) is 0. The number of halogens is 2. The van der Waals surface area contributed by atoms with Crippen LogP contribution in [-0.4, -0.2) is 17.5 Å². The third-order valence-electron chi connectivity index (χ3n) is 2.42. The highest BCUT2D eigenvalue weighted by Gasteiger charge is 2.23. The molecule has 5 heteroatoms. The fourth-order valence-corrected chi connectivity index (χ4v) is 2.74. The number of aliphatic imine (C=N–C) groups is 1. The Morgan fingerprint density at radius 1 is 1.47 bits per heavy atom. The molecule has 1 heterocycles. The van der Waals surface area contributed by atoms with Crippen molar-refractivity contribution in [1.29, 1.82) is 0 Å². The number of amidine groups is 1. The summed E-state index contributed by atoms with van der Waals surface area (Å²) in [7, 11) is 0. The number of thioether (sulfide) groups is 1. The number of nitrogens with one attached hydrogen (secondary N) is 1. The Balaban J connectivity index is 2.12. The Morgan fingerprint density at radius 2 is 2.24 bits per heavy atom. The molecule has 0 unspecified atom stereocenters. The normalized spacial score (nSPS) is 18.7. The average molecular weight is 317 g/mol. The summed E-state index contributed by atoms with van der Waals surface area (Å²) >= 11 is 4.96. The van der Waals surface area contributed by atoms with E-state index in [0.717, 1.165) is 21.9 Å². The van der Waals surface area contributed by atoms with Crippen molar-refractivity contribution in [3.63, 3.8) is 0 Å². The number of hydrogen-bond acceptors (Lipinski definition) is 3. The van der Waals surface area contributed by atoms with Gasteiger partial charge in [-0.1, -0.05) is 41.5 Å². The summed E-state index contributed by atoms with van der Waals surface area (Å²) in [5, 5.41) is 3.83. The molecule has 0 fully saturated rings. The van der Waals surface area contributed by atoms with E-state index in [9.17, 15) is 4.39 Å². The Hall–Kier alpha value is -0.550. The van der Waals surface area contributed by atoms with Gasteiger partial charge in [-0.2, -0.15) is 0 Å². The van der Waals surface area contributed by atoms with Gasteiger partial charge < -0.3 is 5.32 Å². The fraction of sp³-hybridized carbons (Fsp3) is 0.417. The maximum Gasteiger partial charge on any atom is 0.161 e. The number of hydrogen-bond donors (Lipinski definition) is 1. The maximum absolute atomic E-state index is 13.5. The highest BCUT2D eigenvalue weighted by molar-refractivity contribution is 9.10. The predicted octanol–water partition coefficient (Wildman–Crippen LogP) is 4.13. The molecule has 1 aromatic carbocycles. The van der Waals surface area contributed by atoms with E-state index in [1.807, 2.05) is 0 Å². The van der Waals surface area contributed by atoms with Crippen LogP contribution in [0.25, 0.3) is 0 Å². The van der Waals surface area contributed by atoms with Crippen molar-refractivity contribution < 1.29 is 4.39 Å². The van der Waals surface area contributed by atoms with E-state index < -0.39 is 0 Å². The fourth-order valence-electron chi connectivity index (χ4n) is 1.42. The largest absolute Gasteiger partial charge is 0.333 e. The first kappa shape index (κ1) is 12.9. The molecule has 0 aromatic heterocycles. The zero-order chi connectivity index (χ0) is 12.5. The third kappa shape index (κ3) is 3.45. The van der Waals surface area contributed by atoms with E-state index in [-0.39, 0.29) is 11.2 Å². The number of nitrogens with zero attached hydrogens (tertiary/aromatic N) is 1.